The van der Waals surface area contributed by atoms with Gasteiger partial charge in [-0.15, -0.1) is 12.4 Å². The van der Waals surface area contributed by atoms with Crippen LogP contribution in [0.4, 0.5) is 5.69 Å². The molecular weight excluding hydrogens is 246 g/mol. The van der Waals surface area contributed by atoms with Gasteiger partial charge in [-0.1, -0.05) is 6.07 Å². The molecule has 0 bridgehead atoms. The van der Waals surface area contributed by atoms with Crippen LogP contribution in [0.25, 0.3) is 10.9 Å². The second kappa shape index (κ2) is 5.12. The number of fused-ring (bicyclic) bond motifs is 1. The van der Waals surface area contributed by atoms with Gasteiger partial charge in [-0.2, -0.15) is 0 Å². The summed E-state index contributed by atoms with van der Waals surface area (Å²) in [7, 11) is 0. The van der Waals surface area contributed by atoms with E-state index in [1.54, 1.807) is 0 Å². The monoisotopic (exact) mass is 263 g/mol. The average molecular weight is 264 g/mol. The van der Waals surface area contributed by atoms with Gasteiger partial charge in [0.25, 0.3) is 0 Å². The minimum Gasteiger partial charge on any atom is -0.370 e. The van der Waals surface area contributed by atoms with Gasteiger partial charge in [0, 0.05) is 35.9 Å². The van der Waals surface area contributed by atoms with E-state index in [0.717, 1.165) is 30.7 Å². The number of nitrogens with two attached hydrogens (primary N) is 1. The predicted molar refractivity (Wildman–Crippen MR) is 78.5 cm³/mol. The summed E-state index contributed by atoms with van der Waals surface area (Å²) >= 11 is 0. The Morgan fingerprint density at radius 3 is 2.83 bits per heavy atom. The molecule has 1 saturated heterocycles. The molecule has 1 aromatic carbocycles. The van der Waals surface area contributed by atoms with Gasteiger partial charge in [-0.3, -0.25) is 4.98 Å². The minimum absolute atomic E-state index is 0. The van der Waals surface area contributed by atoms with E-state index < -0.39 is 0 Å². The van der Waals surface area contributed by atoms with Gasteiger partial charge in [0.05, 0.1) is 5.52 Å². The lowest BCUT2D eigenvalue weighted by Crippen LogP contribution is -2.26. The molecule has 0 aliphatic carbocycles. The van der Waals surface area contributed by atoms with Gasteiger partial charge in [0.2, 0.25) is 0 Å². The Balaban J connectivity index is 0.00000120. The van der Waals surface area contributed by atoms with Crippen LogP contribution >= 0.6 is 12.4 Å². The van der Waals surface area contributed by atoms with E-state index in [4.69, 9.17) is 5.73 Å². The molecule has 0 radical (unpaired) electrons. The highest BCUT2D eigenvalue weighted by Gasteiger charge is 2.19. The van der Waals surface area contributed by atoms with Gasteiger partial charge >= 0.3 is 0 Å². The molecule has 2 N–H and O–H groups in total. The second-order valence-electron chi connectivity index (χ2n) is 4.82. The van der Waals surface area contributed by atoms with Gasteiger partial charge in [-0.05, 0) is 37.6 Å². The van der Waals surface area contributed by atoms with Crippen molar-refractivity contribution in [3.63, 3.8) is 0 Å². The van der Waals surface area contributed by atoms with Crippen molar-refractivity contribution in [3.05, 3.63) is 36.0 Å². The van der Waals surface area contributed by atoms with Crippen molar-refractivity contribution in [3.8, 4) is 0 Å². The molecule has 3 rings (SSSR count). The summed E-state index contributed by atoms with van der Waals surface area (Å²) < 4.78 is 0. The molecule has 0 spiro atoms. The number of rotatable bonds is 1. The molecule has 0 amide bonds. The van der Waals surface area contributed by atoms with E-state index in [1.807, 2.05) is 6.92 Å². The molecule has 0 unspecified atom stereocenters. The summed E-state index contributed by atoms with van der Waals surface area (Å²) in [6.07, 6.45) is 1.09. The number of aryl methyl sites for hydroxylation is 1. The number of hydrogen-bond donors (Lipinski definition) is 1. The highest BCUT2D eigenvalue weighted by Crippen LogP contribution is 2.24. The van der Waals surface area contributed by atoms with E-state index in [0.29, 0.717) is 6.04 Å². The maximum atomic E-state index is 5.94. The number of benzene rings is 1. The summed E-state index contributed by atoms with van der Waals surface area (Å²) in [5, 5.41) is 1.20. The van der Waals surface area contributed by atoms with Crippen LogP contribution < -0.4 is 10.6 Å². The largest absolute Gasteiger partial charge is 0.370 e. The lowest BCUT2D eigenvalue weighted by atomic mass is 10.1. The number of hydrogen-bond acceptors (Lipinski definition) is 3. The van der Waals surface area contributed by atoms with Crippen molar-refractivity contribution < 1.29 is 0 Å². The van der Waals surface area contributed by atoms with E-state index in [-0.39, 0.29) is 12.4 Å². The highest BCUT2D eigenvalue weighted by atomic mass is 35.5. The summed E-state index contributed by atoms with van der Waals surface area (Å²) in [5.74, 6) is 0. The number of nitrogens with zero attached hydrogens (tertiary/aromatic N) is 2. The third-order valence-electron chi connectivity index (χ3n) is 3.40. The van der Waals surface area contributed by atoms with Crippen molar-refractivity contribution in [2.75, 3.05) is 18.0 Å². The Bertz CT molecular complexity index is 556. The SMILES string of the molecule is Cc1ccc2cc(N3CC[C@H](N)C3)ccc2n1.Cl. The van der Waals surface area contributed by atoms with Crippen LogP contribution in [0.3, 0.4) is 0 Å². The Morgan fingerprint density at radius 2 is 2.11 bits per heavy atom. The molecule has 2 heterocycles. The Hall–Kier alpha value is -1.32. The standard InChI is InChI=1S/C14H17N3.ClH/c1-10-2-3-11-8-13(4-5-14(11)16-10)17-7-6-12(15)9-17;/h2-5,8,12H,6-7,9,15H2,1H3;1H/t12-;/m0./s1. The number of pyridine rings is 1. The minimum atomic E-state index is 0. The van der Waals surface area contributed by atoms with Crippen LogP contribution in [0.15, 0.2) is 30.3 Å². The van der Waals surface area contributed by atoms with Gasteiger partial charge < -0.3 is 10.6 Å². The zero-order valence-electron chi connectivity index (χ0n) is 10.5. The summed E-state index contributed by atoms with van der Waals surface area (Å²) in [6, 6.07) is 11.0. The van der Waals surface area contributed by atoms with E-state index in [1.165, 1.54) is 11.1 Å². The Morgan fingerprint density at radius 1 is 1.28 bits per heavy atom. The first-order chi connectivity index (χ1) is 8.22. The van der Waals surface area contributed by atoms with Crippen LogP contribution in [0.1, 0.15) is 12.1 Å². The zero-order valence-corrected chi connectivity index (χ0v) is 11.3. The van der Waals surface area contributed by atoms with E-state index >= 15 is 0 Å². The molecular formula is C14H18ClN3. The van der Waals surface area contributed by atoms with Crippen LogP contribution in [0, 0.1) is 6.92 Å². The maximum Gasteiger partial charge on any atom is 0.0706 e. The average Bonchev–Trinajstić information content (AvgIpc) is 2.75. The van der Waals surface area contributed by atoms with Crippen LogP contribution in [0.5, 0.6) is 0 Å². The molecule has 1 atom stereocenters. The summed E-state index contributed by atoms with van der Waals surface area (Å²) in [5.41, 5.74) is 9.33. The topological polar surface area (TPSA) is 42.1 Å². The molecule has 1 aromatic heterocycles. The van der Waals surface area contributed by atoms with Crippen molar-refractivity contribution in [2.45, 2.75) is 19.4 Å². The second-order valence-corrected chi connectivity index (χ2v) is 4.82. The number of aromatic nitrogens is 1. The molecule has 1 aliphatic heterocycles. The first-order valence-corrected chi connectivity index (χ1v) is 6.10. The molecule has 3 nitrogen and oxygen atoms in total. The van der Waals surface area contributed by atoms with Gasteiger partial charge in [-0.25, -0.2) is 0 Å². The third-order valence-corrected chi connectivity index (χ3v) is 3.40. The van der Waals surface area contributed by atoms with Gasteiger partial charge in [0.15, 0.2) is 0 Å². The first-order valence-electron chi connectivity index (χ1n) is 6.10. The van der Waals surface area contributed by atoms with E-state index in [2.05, 4.69) is 40.2 Å². The van der Waals surface area contributed by atoms with Crippen molar-refractivity contribution in [2.24, 2.45) is 5.73 Å². The molecule has 18 heavy (non-hydrogen) atoms. The lowest BCUT2D eigenvalue weighted by molar-refractivity contribution is 0.752. The van der Waals surface area contributed by atoms with Crippen molar-refractivity contribution in [1.82, 2.24) is 4.98 Å². The fraction of sp³-hybridized carbons (Fsp3) is 0.357. The van der Waals surface area contributed by atoms with E-state index in [9.17, 15) is 0 Å². The molecule has 0 saturated carbocycles. The van der Waals surface area contributed by atoms with Crippen LogP contribution in [-0.2, 0) is 0 Å². The summed E-state index contributed by atoms with van der Waals surface area (Å²) in [4.78, 5) is 6.87. The molecule has 1 aliphatic rings. The highest BCUT2D eigenvalue weighted by molar-refractivity contribution is 5.85. The van der Waals surface area contributed by atoms with Crippen LogP contribution in [0.2, 0.25) is 0 Å². The first kappa shape index (κ1) is 13.1. The van der Waals surface area contributed by atoms with Crippen molar-refractivity contribution in [1.29, 1.82) is 0 Å². The van der Waals surface area contributed by atoms with Crippen molar-refractivity contribution >= 4 is 29.0 Å². The Kier molecular flexibility index (Phi) is 3.73. The normalized spacial score (nSPS) is 19.0. The molecule has 2 aromatic rings. The lowest BCUT2D eigenvalue weighted by Gasteiger charge is -2.18. The zero-order chi connectivity index (χ0) is 11.8. The fourth-order valence-corrected chi connectivity index (χ4v) is 2.43. The predicted octanol–water partition coefficient (Wildman–Crippen LogP) is 2.50. The number of halogens is 1. The third kappa shape index (κ3) is 2.42. The quantitative estimate of drug-likeness (QED) is 0.860. The summed E-state index contributed by atoms with van der Waals surface area (Å²) in [6.45, 7) is 4.05. The Labute approximate surface area is 113 Å². The molecule has 96 valence electrons. The smallest absolute Gasteiger partial charge is 0.0706 e. The fourth-order valence-electron chi connectivity index (χ4n) is 2.43. The molecule has 4 heteroatoms. The van der Waals surface area contributed by atoms with Gasteiger partial charge in [0.1, 0.15) is 0 Å². The number of anilines is 1. The maximum absolute atomic E-state index is 5.94. The molecule has 1 fully saturated rings. The van der Waals surface area contributed by atoms with Crippen LogP contribution in [-0.4, -0.2) is 24.1 Å².